The van der Waals surface area contributed by atoms with Gasteiger partial charge in [-0.05, 0) is 36.4 Å². The average Bonchev–Trinajstić information content (AvgIpc) is 3.35. The molecule has 0 aliphatic heterocycles. The fourth-order valence-electron chi connectivity index (χ4n) is 2.71. The predicted molar refractivity (Wildman–Crippen MR) is 92.7 cm³/mol. The maximum atomic E-state index is 12.8. The van der Waals surface area contributed by atoms with Crippen LogP contribution < -0.4 is 5.32 Å². The third-order valence-electron chi connectivity index (χ3n) is 4.09. The van der Waals surface area contributed by atoms with Gasteiger partial charge >= 0.3 is 6.18 Å². The van der Waals surface area contributed by atoms with Crippen molar-refractivity contribution >= 4 is 11.6 Å². The Kier molecular flexibility index (Phi) is 4.30. The van der Waals surface area contributed by atoms with Gasteiger partial charge in [0.1, 0.15) is 0 Å². The first kappa shape index (κ1) is 17.7. The van der Waals surface area contributed by atoms with Crippen LogP contribution >= 0.6 is 0 Å². The Morgan fingerprint density at radius 3 is 2.68 bits per heavy atom. The zero-order valence-electron chi connectivity index (χ0n) is 14.3. The minimum atomic E-state index is -4.46. The van der Waals surface area contributed by atoms with Gasteiger partial charge in [-0.2, -0.15) is 18.3 Å². The average molecular weight is 386 g/mol. The number of fused-ring (bicyclic) bond motifs is 1. The van der Waals surface area contributed by atoms with Crippen LogP contribution in [0.4, 0.5) is 13.2 Å². The molecular formula is C18H13F3N6O. The Morgan fingerprint density at radius 2 is 1.93 bits per heavy atom. The molecule has 0 saturated carbocycles. The summed E-state index contributed by atoms with van der Waals surface area (Å²) in [6.45, 7) is 0.0113. The van der Waals surface area contributed by atoms with Crippen molar-refractivity contribution in [2.45, 2.75) is 12.7 Å². The first-order valence-corrected chi connectivity index (χ1v) is 8.21. The van der Waals surface area contributed by atoms with Crippen molar-refractivity contribution in [3.05, 3.63) is 78.0 Å². The molecule has 0 saturated heterocycles. The number of pyridine rings is 1. The normalized spacial score (nSPS) is 11.7. The molecule has 3 aromatic heterocycles. The Balaban J connectivity index is 1.50. The Bertz CT molecular complexity index is 1130. The number of carbonyl (C=O) groups excluding carboxylic acids is 1. The molecule has 10 heteroatoms. The lowest BCUT2D eigenvalue weighted by Gasteiger charge is -2.08. The van der Waals surface area contributed by atoms with Crippen molar-refractivity contribution in [2.75, 3.05) is 0 Å². The maximum Gasteiger partial charge on any atom is 0.416 e. The van der Waals surface area contributed by atoms with Gasteiger partial charge in [-0.3, -0.25) is 9.20 Å². The number of carbonyl (C=O) groups is 1. The van der Waals surface area contributed by atoms with Crippen LogP contribution in [0, 0.1) is 0 Å². The third-order valence-corrected chi connectivity index (χ3v) is 4.09. The SMILES string of the molecule is O=C(NCc1nnc2cc(C(F)(F)F)ccn12)c1cccc(-n2cccn2)c1. The molecule has 0 fully saturated rings. The lowest BCUT2D eigenvalue weighted by Crippen LogP contribution is -2.24. The van der Waals surface area contributed by atoms with Gasteiger partial charge in [0.25, 0.3) is 5.91 Å². The summed E-state index contributed by atoms with van der Waals surface area (Å²) in [6.07, 6.45) is 0.168. The van der Waals surface area contributed by atoms with E-state index in [1.165, 1.54) is 10.6 Å². The van der Waals surface area contributed by atoms with E-state index in [0.29, 0.717) is 11.4 Å². The minimum Gasteiger partial charge on any atom is -0.345 e. The van der Waals surface area contributed by atoms with Crippen LogP contribution in [0.1, 0.15) is 21.7 Å². The van der Waals surface area contributed by atoms with E-state index in [-0.39, 0.29) is 18.1 Å². The first-order chi connectivity index (χ1) is 13.4. The summed E-state index contributed by atoms with van der Waals surface area (Å²) in [5.41, 5.74) is 0.393. The minimum absolute atomic E-state index is 0.0113. The number of nitrogens with one attached hydrogen (secondary N) is 1. The van der Waals surface area contributed by atoms with Crippen molar-refractivity contribution < 1.29 is 18.0 Å². The highest BCUT2D eigenvalue weighted by molar-refractivity contribution is 5.94. The smallest absolute Gasteiger partial charge is 0.345 e. The van der Waals surface area contributed by atoms with Crippen molar-refractivity contribution in [3.63, 3.8) is 0 Å². The molecule has 0 aliphatic carbocycles. The van der Waals surface area contributed by atoms with Gasteiger partial charge in [0.05, 0.1) is 17.8 Å². The molecule has 0 unspecified atom stereocenters. The van der Waals surface area contributed by atoms with Gasteiger partial charge in [-0.15, -0.1) is 10.2 Å². The lowest BCUT2D eigenvalue weighted by molar-refractivity contribution is -0.137. The topological polar surface area (TPSA) is 77.1 Å². The number of amides is 1. The summed E-state index contributed by atoms with van der Waals surface area (Å²) in [5.74, 6) is -0.0297. The standard InChI is InChI=1S/C18H13F3N6O/c19-18(20,21)13-5-8-26-15(10-13)24-25-16(26)11-22-17(28)12-3-1-4-14(9-12)27-7-2-6-23-27/h1-10H,11H2,(H,22,28). The molecule has 4 aromatic rings. The van der Waals surface area contributed by atoms with E-state index in [0.717, 1.165) is 17.8 Å². The van der Waals surface area contributed by atoms with Gasteiger partial charge in [0, 0.05) is 24.2 Å². The van der Waals surface area contributed by atoms with Crippen molar-refractivity contribution in [1.82, 2.24) is 29.7 Å². The second-order valence-corrected chi connectivity index (χ2v) is 5.94. The second-order valence-electron chi connectivity index (χ2n) is 5.94. The van der Waals surface area contributed by atoms with Gasteiger partial charge in [-0.25, -0.2) is 4.68 Å². The molecule has 0 aliphatic rings. The summed E-state index contributed by atoms with van der Waals surface area (Å²) in [4.78, 5) is 12.4. The summed E-state index contributed by atoms with van der Waals surface area (Å²) in [7, 11) is 0. The third kappa shape index (κ3) is 3.43. The summed E-state index contributed by atoms with van der Waals surface area (Å²) in [5, 5.41) is 14.4. The monoisotopic (exact) mass is 386 g/mol. The van der Waals surface area contributed by atoms with Gasteiger partial charge in [0.15, 0.2) is 11.5 Å². The summed E-state index contributed by atoms with van der Waals surface area (Å²) in [6, 6.07) is 10.5. The van der Waals surface area contributed by atoms with Gasteiger partial charge in [-0.1, -0.05) is 6.07 Å². The highest BCUT2D eigenvalue weighted by Gasteiger charge is 2.31. The lowest BCUT2D eigenvalue weighted by atomic mass is 10.2. The highest BCUT2D eigenvalue weighted by Crippen LogP contribution is 2.29. The maximum absolute atomic E-state index is 12.8. The predicted octanol–water partition coefficient (Wildman–Crippen LogP) is 2.86. The van der Waals surface area contributed by atoms with E-state index >= 15 is 0 Å². The summed E-state index contributed by atoms with van der Waals surface area (Å²) < 4.78 is 41.4. The number of alkyl halides is 3. The summed E-state index contributed by atoms with van der Waals surface area (Å²) >= 11 is 0. The molecule has 0 bridgehead atoms. The van der Waals surface area contributed by atoms with Crippen LogP contribution in [0.3, 0.4) is 0 Å². The van der Waals surface area contributed by atoms with Crippen LogP contribution in [0.15, 0.2) is 61.1 Å². The van der Waals surface area contributed by atoms with E-state index in [4.69, 9.17) is 0 Å². The van der Waals surface area contributed by atoms with Crippen molar-refractivity contribution in [3.8, 4) is 5.69 Å². The quantitative estimate of drug-likeness (QED) is 0.585. The number of hydrogen-bond donors (Lipinski definition) is 1. The Morgan fingerprint density at radius 1 is 1.07 bits per heavy atom. The Labute approximate surface area is 156 Å². The Hall–Kier alpha value is -3.69. The van der Waals surface area contributed by atoms with Crippen molar-refractivity contribution in [2.24, 2.45) is 0 Å². The molecule has 0 radical (unpaired) electrons. The highest BCUT2D eigenvalue weighted by atomic mass is 19.4. The number of aromatic nitrogens is 5. The zero-order valence-corrected chi connectivity index (χ0v) is 14.3. The zero-order chi connectivity index (χ0) is 19.7. The number of nitrogens with zero attached hydrogens (tertiary/aromatic N) is 5. The number of benzene rings is 1. The fourth-order valence-corrected chi connectivity index (χ4v) is 2.71. The molecule has 28 heavy (non-hydrogen) atoms. The fraction of sp³-hybridized carbons (Fsp3) is 0.111. The molecule has 1 amide bonds. The number of rotatable bonds is 4. The molecule has 0 spiro atoms. The molecule has 1 N–H and O–H groups in total. The number of halogens is 3. The largest absolute Gasteiger partial charge is 0.416 e. The number of hydrogen-bond acceptors (Lipinski definition) is 4. The molecule has 1 aromatic carbocycles. The molecular weight excluding hydrogens is 373 g/mol. The van der Waals surface area contributed by atoms with Crippen LogP contribution in [-0.2, 0) is 12.7 Å². The van der Waals surface area contributed by atoms with E-state index in [1.807, 2.05) is 6.07 Å². The van der Waals surface area contributed by atoms with Gasteiger partial charge < -0.3 is 5.32 Å². The molecule has 3 heterocycles. The van der Waals surface area contributed by atoms with Crippen LogP contribution in [0.5, 0.6) is 0 Å². The van der Waals surface area contributed by atoms with E-state index in [9.17, 15) is 18.0 Å². The molecule has 0 atom stereocenters. The molecule has 142 valence electrons. The van der Waals surface area contributed by atoms with E-state index in [1.54, 1.807) is 41.3 Å². The van der Waals surface area contributed by atoms with E-state index < -0.39 is 11.7 Å². The van der Waals surface area contributed by atoms with Crippen LogP contribution in [-0.4, -0.2) is 30.3 Å². The molecule has 7 nitrogen and oxygen atoms in total. The first-order valence-electron chi connectivity index (χ1n) is 8.21. The van der Waals surface area contributed by atoms with E-state index in [2.05, 4.69) is 20.6 Å². The van der Waals surface area contributed by atoms with Crippen molar-refractivity contribution in [1.29, 1.82) is 0 Å². The molecule has 4 rings (SSSR count). The van der Waals surface area contributed by atoms with Crippen LogP contribution in [0.2, 0.25) is 0 Å². The van der Waals surface area contributed by atoms with Gasteiger partial charge in [0.2, 0.25) is 0 Å². The van der Waals surface area contributed by atoms with Crippen LogP contribution in [0.25, 0.3) is 11.3 Å². The second kappa shape index (κ2) is 6.80.